The Morgan fingerprint density at radius 2 is 1.85 bits per heavy atom. The van der Waals surface area contributed by atoms with E-state index in [1.807, 2.05) is 62.9 Å². The monoisotopic (exact) mass is 550 g/mol. The van der Waals surface area contributed by atoms with Gasteiger partial charge in [0.15, 0.2) is 0 Å². The van der Waals surface area contributed by atoms with Crippen LogP contribution in [0.4, 0.5) is 13.6 Å². The summed E-state index contributed by atoms with van der Waals surface area (Å²) in [5.41, 5.74) is 0.0497. The van der Waals surface area contributed by atoms with Crippen LogP contribution in [0.5, 0.6) is 0 Å². The Hall–Kier alpha value is -2.75. The lowest BCUT2D eigenvalue weighted by molar-refractivity contribution is -0.136. The van der Waals surface area contributed by atoms with E-state index in [-0.39, 0.29) is 37.4 Å². The number of nitrogens with one attached hydrogen (secondary N) is 1. The van der Waals surface area contributed by atoms with Crippen molar-refractivity contribution in [3.8, 4) is 0 Å². The van der Waals surface area contributed by atoms with Crippen molar-refractivity contribution in [2.45, 2.75) is 89.3 Å². The minimum absolute atomic E-state index is 0.0181. The molecule has 9 nitrogen and oxygen atoms in total. The van der Waals surface area contributed by atoms with Crippen molar-refractivity contribution in [1.82, 2.24) is 15.1 Å². The van der Waals surface area contributed by atoms with E-state index in [9.17, 15) is 28.4 Å². The Labute approximate surface area is 230 Å². The molecule has 0 aromatic heterocycles. The molecule has 2 fully saturated rings. The predicted molar refractivity (Wildman–Crippen MR) is 145 cm³/mol. The molecule has 2 amide bonds. The second-order valence-corrected chi connectivity index (χ2v) is 11.5. The van der Waals surface area contributed by atoms with Crippen molar-refractivity contribution in [3.63, 3.8) is 0 Å². The largest absolute Gasteiger partial charge is 0.475 e. The molecule has 0 spiro atoms. The van der Waals surface area contributed by atoms with E-state index in [0.717, 1.165) is 12.0 Å². The highest BCUT2D eigenvalue weighted by Gasteiger charge is 2.44. The molecule has 2 aliphatic heterocycles. The number of benzene rings is 1. The van der Waals surface area contributed by atoms with Crippen LogP contribution in [0.25, 0.3) is 4.85 Å². The van der Waals surface area contributed by atoms with Gasteiger partial charge in [-0.3, -0.25) is 9.69 Å². The summed E-state index contributed by atoms with van der Waals surface area (Å²) >= 11 is 0. The Morgan fingerprint density at radius 1 is 1.21 bits per heavy atom. The maximum Gasteiger partial charge on any atom is 0.475 e. The Bertz CT molecular complexity index is 1000. The summed E-state index contributed by atoms with van der Waals surface area (Å²) in [5.74, 6) is -3.65. The summed E-state index contributed by atoms with van der Waals surface area (Å²) in [6.07, 6.45) is 0.895. The third-order valence-electron chi connectivity index (χ3n) is 7.16. The molecule has 1 aromatic carbocycles. The van der Waals surface area contributed by atoms with Crippen molar-refractivity contribution >= 4 is 19.1 Å². The number of hydrogen-bond donors (Lipinski definition) is 3. The molecule has 1 aromatic rings. The second kappa shape index (κ2) is 13.5. The van der Waals surface area contributed by atoms with Gasteiger partial charge in [-0.25, -0.2) is 20.1 Å². The van der Waals surface area contributed by atoms with Crippen LogP contribution in [0, 0.1) is 6.57 Å². The normalized spacial score (nSPS) is 22.2. The Kier molecular flexibility index (Phi) is 11.3. The number of nitrogens with zero attached hydrogens (tertiary/aromatic N) is 3. The van der Waals surface area contributed by atoms with E-state index < -0.39 is 36.7 Å². The van der Waals surface area contributed by atoms with Crippen molar-refractivity contribution in [2.24, 2.45) is 0 Å². The van der Waals surface area contributed by atoms with Crippen LogP contribution in [-0.2, 0) is 16.0 Å². The molecular formula is C27H41BF2N4O5. The first kappa shape index (κ1) is 32.5. The van der Waals surface area contributed by atoms with Crippen LogP contribution in [0.3, 0.4) is 0 Å². The van der Waals surface area contributed by atoms with Gasteiger partial charge in [-0.1, -0.05) is 30.3 Å². The number of alkyl carbamates (subject to hydrolysis) is 1. The Balaban J connectivity index is 0.000000404. The van der Waals surface area contributed by atoms with Gasteiger partial charge in [0.25, 0.3) is 12.0 Å². The first-order valence-corrected chi connectivity index (χ1v) is 13.2. The van der Waals surface area contributed by atoms with Gasteiger partial charge in [0.05, 0.1) is 18.0 Å². The van der Waals surface area contributed by atoms with Crippen molar-refractivity contribution in [1.29, 1.82) is 0 Å². The summed E-state index contributed by atoms with van der Waals surface area (Å²) in [6.45, 7) is 17.3. The maximum atomic E-state index is 12.7. The smallest absolute Gasteiger partial charge is 0.447 e. The highest BCUT2D eigenvalue weighted by atomic mass is 19.3. The molecule has 3 atom stereocenters. The number of rotatable bonds is 7. The summed E-state index contributed by atoms with van der Waals surface area (Å²) in [5, 5.41) is 21.6. The predicted octanol–water partition coefficient (Wildman–Crippen LogP) is 3.15. The number of alkyl halides is 2. The molecule has 0 bridgehead atoms. The highest BCUT2D eigenvalue weighted by Crippen LogP contribution is 2.31. The molecule has 1 unspecified atom stereocenters. The number of ether oxygens (including phenoxy) is 1. The molecule has 3 rings (SSSR count). The number of carbonyl (C=O) groups excluding carboxylic acids is 2. The molecular weight excluding hydrogens is 509 g/mol. The number of hydrogen-bond acceptors (Lipinski definition) is 6. The van der Waals surface area contributed by atoms with Crippen LogP contribution in [0.15, 0.2) is 30.3 Å². The van der Waals surface area contributed by atoms with Gasteiger partial charge in [-0.2, -0.15) is 0 Å². The molecule has 216 valence electrons. The SMILES string of the molecule is CC(C)(C)N1CCC(F)(F)C1.[C-]#[N+]C(C)C(=O)N1CCC[C@]1(C)COC(=O)N[C@@H](Cc1ccccc1)B(O)O. The zero-order chi connectivity index (χ0) is 29.4. The molecule has 3 N–H and O–H groups in total. The average Bonchev–Trinajstić information content (AvgIpc) is 3.44. The van der Waals surface area contributed by atoms with E-state index in [4.69, 9.17) is 11.3 Å². The van der Waals surface area contributed by atoms with Gasteiger partial charge in [-0.15, -0.1) is 0 Å². The molecule has 0 radical (unpaired) electrons. The van der Waals surface area contributed by atoms with Crippen LogP contribution in [0.2, 0.25) is 0 Å². The van der Waals surface area contributed by atoms with Crippen LogP contribution in [0.1, 0.15) is 59.4 Å². The van der Waals surface area contributed by atoms with Crippen LogP contribution in [-0.4, -0.2) is 94.2 Å². The standard InChI is InChI=1S/C19H26BN3O5.C8H15F2N/c1-14(21-3)17(24)23-11-7-10-19(23,2)13-28-18(25)22-16(20(26)27)12-15-8-5-4-6-9-15;1-7(2,3)11-5-4-8(9,10)6-11/h4-6,8-9,14,16,26-27H,7,10-13H2,1-2H3,(H,22,25);4-6H2,1-3H3/t14?,16-,19+;/m0./s1. The zero-order valence-electron chi connectivity index (χ0n) is 23.5. The fourth-order valence-electron chi connectivity index (χ4n) is 4.65. The maximum absolute atomic E-state index is 12.7. The van der Waals surface area contributed by atoms with Crippen molar-refractivity contribution in [2.75, 3.05) is 26.2 Å². The number of halogens is 2. The van der Waals surface area contributed by atoms with Crippen molar-refractivity contribution < 1.29 is 33.2 Å². The van der Waals surface area contributed by atoms with E-state index in [0.29, 0.717) is 19.5 Å². The van der Waals surface area contributed by atoms with Gasteiger partial charge in [0, 0.05) is 32.0 Å². The lowest BCUT2D eigenvalue weighted by Gasteiger charge is -2.34. The van der Waals surface area contributed by atoms with E-state index >= 15 is 0 Å². The summed E-state index contributed by atoms with van der Waals surface area (Å²) in [6, 6.07) is 8.37. The Morgan fingerprint density at radius 3 is 2.33 bits per heavy atom. The summed E-state index contributed by atoms with van der Waals surface area (Å²) < 4.78 is 30.7. The van der Waals surface area contributed by atoms with Gasteiger partial charge < -0.3 is 29.8 Å². The van der Waals surface area contributed by atoms with Gasteiger partial charge in [0.1, 0.15) is 6.61 Å². The van der Waals surface area contributed by atoms with Crippen molar-refractivity contribution in [3.05, 3.63) is 47.3 Å². The van der Waals surface area contributed by atoms with Crippen LogP contribution < -0.4 is 5.32 Å². The van der Waals surface area contributed by atoms with Crippen LogP contribution >= 0.6 is 0 Å². The first-order chi connectivity index (χ1) is 18.1. The molecule has 0 aliphatic carbocycles. The number of amides is 2. The minimum Gasteiger partial charge on any atom is -0.447 e. The quantitative estimate of drug-likeness (QED) is 0.356. The number of carbonyl (C=O) groups is 2. The zero-order valence-corrected chi connectivity index (χ0v) is 23.5. The molecule has 0 saturated carbocycles. The summed E-state index contributed by atoms with van der Waals surface area (Å²) in [7, 11) is -1.74. The molecule has 2 heterocycles. The molecule has 2 aliphatic rings. The molecule has 2 saturated heterocycles. The minimum atomic E-state index is -2.45. The average molecular weight is 550 g/mol. The van der Waals surface area contributed by atoms with E-state index in [1.54, 1.807) is 11.8 Å². The molecule has 39 heavy (non-hydrogen) atoms. The van der Waals surface area contributed by atoms with Gasteiger partial charge in [0.2, 0.25) is 0 Å². The third kappa shape index (κ3) is 9.74. The first-order valence-electron chi connectivity index (χ1n) is 13.2. The number of likely N-dealkylation sites (tertiary alicyclic amines) is 2. The lowest BCUT2D eigenvalue weighted by Crippen LogP contribution is -2.53. The molecule has 12 heteroatoms. The lowest BCUT2D eigenvalue weighted by atomic mass is 9.76. The highest BCUT2D eigenvalue weighted by molar-refractivity contribution is 6.43. The summed E-state index contributed by atoms with van der Waals surface area (Å²) in [4.78, 5) is 31.3. The topological polar surface area (TPSA) is 107 Å². The van der Waals surface area contributed by atoms with Gasteiger partial charge >= 0.3 is 19.1 Å². The fourth-order valence-corrected chi connectivity index (χ4v) is 4.65. The van der Waals surface area contributed by atoms with Gasteiger partial charge in [-0.05, 0) is 52.5 Å². The second-order valence-electron chi connectivity index (χ2n) is 11.5. The van der Waals surface area contributed by atoms with E-state index in [2.05, 4.69) is 10.2 Å². The van der Waals surface area contributed by atoms with E-state index in [1.165, 1.54) is 0 Å². The fraction of sp³-hybridized carbons (Fsp3) is 0.667. The third-order valence-corrected chi connectivity index (χ3v) is 7.16.